The largest absolute Gasteiger partial charge is 0.497 e. The summed E-state index contributed by atoms with van der Waals surface area (Å²) < 4.78 is 26.9. The summed E-state index contributed by atoms with van der Waals surface area (Å²) >= 11 is 0. The van der Waals surface area contributed by atoms with Crippen LogP contribution in [0.15, 0.2) is 30.6 Å². The van der Waals surface area contributed by atoms with E-state index in [0.29, 0.717) is 29.3 Å². The van der Waals surface area contributed by atoms with Gasteiger partial charge in [0.1, 0.15) is 17.4 Å². The van der Waals surface area contributed by atoms with E-state index in [1.54, 1.807) is 32.5 Å². The van der Waals surface area contributed by atoms with E-state index in [9.17, 15) is 4.39 Å². The Morgan fingerprint density at radius 1 is 1.18 bits per heavy atom. The molecule has 0 spiro atoms. The summed E-state index contributed by atoms with van der Waals surface area (Å²) in [5.41, 5.74) is 0.484. The van der Waals surface area contributed by atoms with Gasteiger partial charge in [-0.3, -0.25) is 0 Å². The van der Waals surface area contributed by atoms with Crippen LogP contribution in [0.2, 0.25) is 0 Å². The molecule has 1 fully saturated rings. The number of methoxy groups -OCH3 is 2. The van der Waals surface area contributed by atoms with Crippen molar-refractivity contribution >= 4 is 0 Å². The summed E-state index contributed by atoms with van der Waals surface area (Å²) in [6, 6.07) is 5.09. The Morgan fingerprint density at radius 2 is 1.95 bits per heavy atom. The SMILES string of the molecule is COc1ccc(F)c(-c2nccn2C2CCC(OC)CC2)c1. The topological polar surface area (TPSA) is 36.3 Å². The Hall–Kier alpha value is -1.88. The third-order valence-corrected chi connectivity index (χ3v) is 4.45. The summed E-state index contributed by atoms with van der Waals surface area (Å²) in [5, 5.41) is 0. The van der Waals surface area contributed by atoms with Crippen LogP contribution in [-0.4, -0.2) is 29.9 Å². The van der Waals surface area contributed by atoms with Crippen LogP contribution < -0.4 is 4.74 Å². The van der Waals surface area contributed by atoms with Gasteiger partial charge in [-0.2, -0.15) is 0 Å². The molecule has 0 saturated heterocycles. The Kier molecular flexibility index (Phi) is 4.43. The molecule has 5 heteroatoms. The van der Waals surface area contributed by atoms with Crippen LogP contribution >= 0.6 is 0 Å². The summed E-state index contributed by atoms with van der Waals surface area (Å²) in [7, 11) is 3.34. The van der Waals surface area contributed by atoms with Crippen molar-refractivity contribution in [2.75, 3.05) is 14.2 Å². The molecule has 1 saturated carbocycles. The van der Waals surface area contributed by atoms with Gasteiger partial charge in [0, 0.05) is 25.5 Å². The highest BCUT2D eigenvalue weighted by Crippen LogP contribution is 2.34. The van der Waals surface area contributed by atoms with Crippen LogP contribution in [0, 0.1) is 5.82 Å². The lowest BCUT2D eigenvalue weighted by atomic mass is 9.92. The molecule has 1 aromatic heterocycles. The highest BCUT2D eigenvalue weighted by molar-refractivity contribution is 5.59. The molecule has 22 heavy (non-hydrogen) atoms. The minimum absolute atomic E-state index is 0.279. The first-order chi connectivity index (χ1) is 10.7. The van der Waals surface area contributed by atoms with E-state index in [0.717, 1.165) is 25.7 Å². The van der Waals surface area contributed by atoms with Gasteiger partial charge < -0.3 is 14.0 Å². The summed E-state index contributed by atoms with van der Waals surface area (Å²) in [6.45, 7) is 0. The number of ether oxygens (including phenoxy) is 2. The molecule has 0 bridgehead atoms. The number of hydrogen-bond acceptors (Lipinski definition) is 3. The fourth-order valence-electron chi connectivity index (χ4n) is 3.18. The second-order valence-corrected chi connectivity index (χ2v) is 5.67. The third kappa shape index (κ3) is 2.86. The number of nitrogens with zero attached hydrogens (tertiary/aromatic N) is 2. The van der Waals surface area contributed by atoms with E-state index in [1.807, 2.05) is 6.20 Å². The van der Waals surface area contributed by atoms with Gasteiger partial charge in [0.15, 0.2) is 0 Å². The summed E-state index contributed by atoms with van der Waals surface area (Å²) in [4.78, 5) is 4.37. The monoisotopic (exact) mass is 304 g/mol. The molecule has 4 nitrogen and oxygen atoms in total. The van der Waals surface area contributed by atoms with Gasteiger partial charge in [-0.05, 0) is 43.9 Å². The average Bonchev–Trinajstić information content (AvgIpc) is 3.05. The van der Waals surface area contributed by atoms with E-state index in [-0.39, 0.29) is 5.82 Å². The van der Waals surface area contributed by atoms with Crippen LogP contribution in [0.3, 0.4) is 0 Å². The van der Waals surface area contributed by atoms with Crippen LogP contribution in [0.1, 0.15) is 31.7 Å². The van der Waals surface area contributed by atoms with Gasteiger partial charge in [0.25, 0.3) is 0 Å². The number of benzene rings is 1. The summed E-state index contributed by atoms with van der Waals surface area (Å²) in [5.74, 6) is 1.02. The Balaban J connectivity index is 1.90. The Morgan fingerprint density at radius 3 is 2.64 bits per heavy atom. The first-order valence-corrected chi connectivity index (χ1v) is 7.62. The standard InChI is InChI=1S/C17H21FN2O2/c1-21-13-5-3-12(4-6-13)20-10-9-19-17(20)15-11-14(22-2)7-8-16(15)18/h7-13H,3-6H2,1-2H3. The quantitative estimate of drug-likeness (QED) is 0.861. The number of aromatic nitrogens is 2. The number of halogens is 1. The van der Waals surface area contributed by atoms with Crippen molar-refractivity contribution in [2.45, 2.75) is 37.8 Å². The maximum atomic E-state index is 14.2. The zero-order valence-electron chi connectivity index (χ0n) is 13.0. The molecular formula is C17H21FN2O2. The molecule has 1 aliphatic carbocycles. The maximum absolute atomic E-state index is 14.2. The number of rotatable bonds is 4. The van der Waals surface area contributed by atoms with Crippen LogP contribution in [0.5, 0.6) is 5.75 Å². The molecule has 1 aromatic carbocycles. The van der Waals surface area contributed by atoms with Gasteiger partial charge in [0.05, 0.1) is 18.8 Å². The smallest absolute Gasteiger partial charge is 0.143 e. The maximum Gasteiger partial charge on any atom is 0.143 e. The first-order valence-electron chi connectivity index (χ1n) is 7.62. The zero-order valence-corrected chi connectivity index (χ0v) is 13.0. The van der Waals surface area contributed by atoms with Crippen molar-refractivity contribution in [2.24, 2.45) is 0 Å². The zero-order chi connectivity index (χ0) is 15.5. The minimum Gasteiger partial charge on any atom is -0.497 e. The lowest BCUT2D eigenvalue weighted by Crippen LogP contribution is -2.22. The van der Waals surface area contributed by atoms with E-state index < -0.39 is 0 Å². The van der Waals surface area contributed by atoms with Crippen molar-refractivity contribution in [3.05, 3.63) is 36.4 Å². The Labute approximate surface area is 129 Å². The van der Waals surface area contributed by atoms with E-state index in [2.05, 4.69) is 9.55 Å². The van der Waals surface area contributed by atoms with E-state index in [4.69, 9.17) is 9.47 Å². The lowest BCUT2D eigenvalue weighted by Gasteiger charge is -2.29. The Bertz CT molecular complexity index is 633. The molecule has 118 valence electrons. The van der Waals surface area contributed by atoms with Gasteiger partial charge in [-0.1, -0.05) is 0 Å². The van der Waals surface area contributed by atoms with Crippen LogP contribution in [0.25, 0.3) is 11.4 Å². The van der Waals surface area contributed by atoms with Gasteiger partial charge in [-0.25, -0.2) is 9.37 Å². The van der Waals surface area contributed by atoms with Crippen molar-refractivity contribution < 1.29 is 13.9 Å². The number of hydrogen-bond donors (Lipinski definition) is 0. The molecule has 0 unspecified atom stereocenters. The molecule has 0 radical (unpaired) electrons. The highest BCUT2D eigenvalue weighted by atomic mass is 19.1. The first kappa shape index (κ1) is 15.0. The normalized spacial score (nSPS) is 21.8. The fraction of sp³-hybridized carbons (Fsp3) is 0.471. The van der Waals surface area contributed by atoms with Crippen molar-refractivity contribution in [1.29, 1.82) is 0 Å². The van der Waals surface area contributed by atoms with Crippen molar-refractivity contribution in [1.82, 2.24) is 9.55 Å². The second kappa shape index (κ2) is 6.48. The molecular weight excluding hydrogens is 283 g/mol. The predicted octanol–water partition coefficient (Wildman–Crippen LogP) is 3.83. The number of imidazole rings is 1. The third-order valence-electron chi connectivity index (χ3n) is 4.45. The molecule has 3 rings (SSSR count). The average molecular weight is 304 g/mol. The van der Waals surface area contributed by atoms with Crippen molar-refractivity contribution in [3.8, 4) is 17.1 Å². The van der Waals surface area contributed by atoms with Crippen LogP contribution in [0.4, 0.5) is 4.39 Å². The van der Waals surface area contributed by atoms with Crippen LogP contribution in [-0.2, 0) is 4.74 Å². The molecule has 0 amide bonds. The highest BCUT2D eigenvalue weighted by Gasteiger charge is 2.24. The van der Waals surface area contributed by atoms with E-state index >= 15 is 0 Å². The van der Waals surface area contributed by atoms with Crippen molar-refractivity contribution in [3.63, 3.8) is 0 Å². The summed E-state index contributed by atoms with van der Waals surface area (Å²) in [6.07, 6.45) is 8.11. The molecule has 0 atom stereocenters. The van der Waals surface area contributed by atoms with E-state index in [1.165, 1.54) is 6.07 Å². The second-order valence-electron chi connectivity index (χ2n) is 5.67. The van der Waals surface area contributed by atoms with Gasteiger partial charge >= 0.3 is 0 Å². The molecule has 0 aliphatic heterocycles. The molecule has 1 aliphatic rings. The predicted molar refractivity (Wildman–Crippen MR) is 82.5 cm³/mol. The minimum atomic E-state index is -0.279. The fourth-order valence-corrected chi connectivity index (χ4v) is 3.18. The molecule has 1 heterocycles. The van der Waals surface area contributed by atoms with Gasteiger partial charge in [-0.15, -0.1) is 0 Å². The molecule has 2 aromatic rings. The molecule has 0 N–H and O–H groups in total. The lowest BCUT2D eigenvalue weighted by molar-refractivity contribution is 0.0586. The van der Waals surface area contributed by atoms with Gasteiger partial charge in [0.2, 0.25) is 0 Å².